The number of hydrogen-bond acceptors (Lipinski definition) is 5. The van der Waals surface area contributed by atoms with Crippen LogP contribution in [0.3, 0.4) is 0 Å². The summed E-state index contributed by atoms with van der Waals surface area (Å²) in [5.74, 6) is 1.69. The van der Waals surface area contributed by atoms with Crippen LogP contribution in [-0.2, 0) is 14.2 Å². The monoisotopic (exact) mass is 348 g/mol. The van der Waals surface area contributed by atoms with Crippen LogP contribution in [0.15, 0.2) is 24.3 Å². The quantitative estimate of drug-likeness (QED) is 0.817. The van der Waals surface area contributed by atoms with Gasteiger partial charge < -0.3 is 24.4 Å². The number of benzene rings is 1. The lowest BCUT2D eigenvalue weighted by Gasteiger charge is -2.22. The van der Waals surface area contributed by atoms with Gasteiger partial charge in [0.05, 0.1) is 24.4 Å². The molecule has 4 fully saturated rings. The van der Waals surface area contributed by atoms with Crippen molar-refractivity contribution in [1.82, 2.24) is 0 Å². The van der Waals surface area contributed by atoms with Crippen LogP contribution in [0, 0.1) is 11.8 Å². The van der Waals surface area contributed by atoms with Gasteiger partial charge in [0.2, 0.25) is 0 Å². The third-order valence-corrected chi connectivity index (χ3v) is 5.76. The van der Waals surface area contributed by atoms with E-state index in [4.69, 9.17) is 24.4 Å². The number of hydrogen-bond donors (Lipinski definition) is 2. The molecule has 0 bridgehead atoms. The molecule has 2 saturated heterocycles. The predicted octanol–water partition coefficient (Wildman–Crippen LogP) is 3.24. The highest BCUT2D eigenvalue weighted by atomic mass is 16.6. The lowest BCUT2D eigenvalue weighted by Crippen LogP contribution is -2.22. The second-order valence-corrected chi connectivity index (χ2v) is 7.84. The van der Waals surface area contributed by atoms with Gasteiger partial charge in [-0.05, 0) is 62.5 Å². The highest BCUT2D eigenvalue weighted by molar-refractivity contribution is 5.30. The molecule has 0 spiro atoms. The van der Waals surface area contributed by atoms with Gasteiger partial charge in [-0.2, -0.15) is 0 Å². The van der Waals surface area contributed by atoms with E-state index in [1.54, 1.807) is 6.07 Å². The van der Waals surface area contributed by atoms with Crippen molar-refractivity contribution < 1.29 is 24.4 Å². The highest BCUT2D eigenvalue weighted by Crippen LogP contribution is 2.41. The Morgan fingerprint density at radius 2 is 1.32 bits per heavy atom. The Hall–Kier alpha value is -1.30. The fraction of sp³-hybridized carbons (Fsp3) is 0.700. The normalized spacial score (nSPS) is 37.9. The lowest BCUT2D eigenvalue weighted by molar-refractivity contribution is 0.0547. The fourth-order valence-electron chi connectivity index (χ4n) is 4.17. The van der Waals surface area contributed by atoms with E-state index in [0.29, 0.717) is 24.4 Å². The van der Waals surface area contributed by atoms with Crippen LogP contribution in [-0.4, -0.2) is 47.8 Å². The Morgan fingerprint density at radius 3 is 1.72 bits per heavy atom. The Labute approximate surface area is 148 Å². The highest BCUT2D eigenvalue weighted by Gasteiger charge is 2.45. The molecule has 25 heavy (non-hydrogen) atoms. The molecule has 0 amide bonds. The van der Waals surface area contributed by atoms with Gasteiger partial charge in [0, 0.05) is 19.3 Å². The summed E-state index contributed by atoms with van der Waals surface area (Å²) in [5.41, 5.74) is 0. The third-order valence-electron chi connectivity index (χ3n) is 5.76. The van der Waals surface area contributed by atoms with Crippen molar-refractivity contribution in [1.29, 1.82) is 0 Å². The van der Waals surface area contributed by atoms with Crippen LogP contribution in [0.4, 0.5) is 0 Å². The molecule has 5 heteroatoms. The van der Waals surface area contributed by atoms with E-state index in [1.807, 2.05) is 0 Å². The van der Waals surface area contributed by atoms with Gasteiger partial charge in [0.15, 0.2) is 0 Å². The summed E-state index contributed by atoms with van der Waals surface area (Å²) >= 11 is 0. The van der Waals surface area contributed by atoms with E-state index in [2.05, 4.69) is 0 Å². The molecule has 1 aromatic carbocycles. The molecular weight excluding hydrogens is 320 g/mol. The molecule has 5 rings (SSSR count). The van der Waals surface area contributed by atoms with Crippen molar-refractivity contribution in [2.75, 3.05) is 13.2 Å². The minimum atomic E-state index is 0.0880. The molecule has 2 heterocycles. The number of rotatable bonds is 4. The summed E-state index contributed by atoms with van der Waals surface area (Å²) in [6.45, 7) is 1.91. The van der Waals surface area contributed by atoms with Crippen molar-refractivity contribution in [3.8, 4) is 11.5 Å². The lowest BCUT2D eigenvalue weighted by atomic mass is 9.89. The summed E-state index contributed by atoms with van der Waals surface area (Å²) in [5, 5.41) is 17.3. The fourth-order valence-corrected chi connectivity index (χ4v) is 4.17. The Morgan fingerprint density at radius 1 is 0.800 bits per heavy atom. The maximum Gasteiger partial charge on any atom is 0.119 e. The maximum atomic E-state index is 8.65. The zero-order chi connectivity index (χ0) is 17.2. The van der Waals surface area contributed by atoms with Crippen molar-refractivity contribution in [2.24, 2.45) is 11.8 Å². The van der Waals surface area contributed by atoms with Crippen molar-refractivity contribution in [2.45, 2.75) is 62.9 Å². The first-order valence-corrected chi connectivity index (χ1v) is 9.54. The first-order chi connectivity index (χ1) is 12.2. The van der Waals surface area contributed by atoms with E-state index in [0.717, 1.165) is 25.0 Å². The predicted molar refractivity (Wildman–Crippen MR) is 92.6 cm³/mol. The smallest absolute Gasteiger partial charge is 0.119 e. The first kappa shape index (κ1) is 17.1. The van der Waals surface area contributed by atoms with Crippen LogP contribution >= 0.6 is 0 Å². The van der Waals surface area contributed by atoms with E-state index >= 15 is 0 Å². The molecule has 2 saturated carbocycles. The van der Waals surface area contributed by atoms with Crippen LogP contribution in [0.25, 0.3) is 0 Å². The molecule has 5 nitrogen and oxygen atoms in total. The molecule has 0 aromatic heterocycles. The largest absolute Gasteiger partial charge is 0.508 e. The average molecular weight is 348 g/mol. The standard InChI is InChI=1S/C14H22O3.C6H6O2/c1-3-11-13(16-11)5-9(1)7-15-8-10-2-4-12-14(6-10)17-12;7-5-2-1-3-6(8)4-5/h9-14H,1-8H2;1-4,7-8H. The van der Waals surface area contributed by atoms with Gasteiger partial charge in [-0.25, -0.2) is 0 Å². The second-order valence-electron chi connectivity index (χ2n) is 7.84. The number of aromatic hydroxyl groups is 2. The van der Waals surface area contributed by atoms with Crippen LogP contribution < -0.4 is 0 Å². The molecule has 2 aliphatic heterocycles. The SMILES string of the molecule is C1CC2OC2CC1COCC1CCC2OC2C1.Oc1cccc(O)c1. The number of phenolic OH excluding ortho intramolecular Hbond substituents is 2. The minimum Gasteiger partial charge on any atom is -0.508 e. The first-order valence-electron chi connectivity index (χ1n) is 9.54. The number of epoxide rings is 2. The summed E-state index contributed by atoms with van der Waals surface area (Å²) in [4.78, 5) is 0. The van der Waals surface area contributed by atoms with E-state index < -0.39 is 0 Å². The molecule has 138 valence electrons. The number of phenols is 2. The van der Waals surface area contributed by atoms with Gasteiger partial charge in [0.1, 0.15) is 11.5 Å². The number of fused-ring (bicyclic) bond motifs is 2. The maximum absolute atomic E-state index is 8.65. The van der Waals surface area contributed by atoms with Gasteiger partial charge in [-0.1, -0.05) is 6.07 Å². The van der Waals surface area contributed by atoms with Crippen LogP contribution in [0.5, 0.6) is 11.5 Å². The summed E-state index contributed by atoms with van der Waals surface area (Å²) < 4.78 is 17.0. The van der Waals surface area contributed by atoms with Crippen LogP contribution in [0.1, 0.15) is 38.5 Å². The summed E-state index contributed by atoms with van der Waals surface area (Å²) in [6.07, 6.45) is 10.0. The van der Waals surface area contributed by atoms with E-state index in [9.17, 15) is 0 Å². The Balaban J connectivity index is 0.000000166. The molecule has 2 aliphatic carbocycles. The summed E-state index contributed by atoms with van der Waals surface area (Å²) in [7, 11) is 0. The molecule has 6 atom stereocenters. The third kappa shape index (κ3) is 4.87. The van der Waals surface area contributed by atoms with Gasteiger partial charge in [-0.15, -0.1) is 0 Å². The molecule has 4 aliphatic rings. The summed E-state index contributed by atoms with van der Waals surface area (Å²) in [6, 6.07) is 5.85. The van der Waals surface area contributed by atoms with Gasteiger partial charge >= 0.3 is 0 Å². The Kier molecular flexibility index (Phi) is 5.15. The molecule has 6 unspecified atom stereocenters. The van der Waals surface area contributed by atoms with Crippen LogP contribution in [0.2, 0.25) is 0 Å². The van der Waals surface area contributed by atoms with Gasteiger partial charge in [0.25, 0.3) is 0 Å². The Bertz CT molecular complexity index is 532. The molecular formula is C20H28O5. The van der Waals surface area contributed by atoms with Crippen molar-refractivity contribution in [3.05, 3.63) is 24.3 Å². The van der Waals surface area contributed by atoms with Gasteiger partial charge in [-0.3, -0.25) is 0 Å². The zero-order valence-corrected chi connectivity index (χ0v) is 14.5. The van der Waals surface area contributed by atoms with E-state index in [-0.39, 0.29) is 11.5 Å². The molecule has 0 radical (unpaired) electrons. The van der Waals surface area contributed by atoms with Crippen molar-refractivity contribution in [3.63, 3.8) is 0 Å². The molecule has 2 N–H and O–H groups in total. The topological polar surface area (TPSA) is 74.8 Å². The van der Waals surface area contributed by atoms with Crippen molar-refractivity contribution >= 4 is 0 Å². The van der Waals surface area contributed by atoms with E-state index in [1.165, 1.54) is 56.7 Å². The number of ether oxygens (including phenoxy) is 3. The second kappa shape index (κ2) is 7.52. The zero-order valence-electron chi connectivity index (χ0n) is 14.5. The average Bonchev–Trinajstić information content (AvgIpc) is 3.49. The molecule has 1 aromatic rings. The minimum absolute atomic E-state index is 0.0880.